The molecule has 2 amide bonds. The summed E-state index contributed by atoms with van der Waals surface area (Å²) >= 11 is 0. The number of benzene rings is 3. The van der Waals surface area contributed by atoms with Gasteiger partial charge in [0, 0.05) is 23.4 Å². The van der Waals surface area contributed by atoms with Crippen LogP contribution in [0, 0.1) is 5.82 Å². The van der Waals surface area contributed by atoms with Crippen molar-refractivity contribution in [1.29, 1.82) is 0 Å². The van der Waals surface area contributed by atoms with E-state index in [9.17, 15) is 14.0 Å². The molecule has 0 bridgehead atoms. The van der Waals surface area contributed by atoms with Gasteiger partial charge in [-0.1, -0.05) is 54.6 Å². The van der Waals surface area contributed by atoms with Crippen molar-refractivity contribution in [2.24, 2.45) is 0 Å². The molecule has 1 aliphatic heterocycles. The molecular weight excluding hydrogens is 459 g/mol. The fourth-order valence-corrected chi connectivity index (χ4v) is 4.57. The van der Waals surface area contributed by atoms with Gasteiger partial charge in [0.1, 0.15) is 22.8 Å². The number of hydrogen-bond acceptors (Lipinski definition) is 4. The van der Waals surface area contributed by atoms with E-state index in [-0.39, 0.29) is 13.1 Å². The second kappa shape index (κ2) is 9.30. The van der Waals surface area contributed by atoms with Gasteiger partial charge in [-0.3, -0.25) is 19.2 Å². The monoisotopic (exact) mass is 484 g/mol. The largest absolute Gasteiger partial charge is 0.496 e. The number of halogens is 1. The first-order valence-corrected chi connectivity index (χ1v) is 11.5. The van der Waals surface area contributed by atoms with Gasteiger partial charge < -0.3 is 10.1 Å². The zero-order chi connectivity index (χ0) is 25.3. The zero-order valence-electron chi connectivity index (χ0n) is 19.9. The van der Waals surface area contributed by atoms with Gasteiger partial charge in [0.25, 0.3) is 5.91 Å². The van der Waals surface area contributed by atoms with Crippen molar-refractivity contribution in [3.05, 3.63) is 102 Å². The first-order chi connectivity index (χ1) is 17.4. The van der Waals surface area contributed by atoms with Crippen molar-refractivity contribution in [3.8, 4) is 17.0 Å². The summed E-state index contributed by atoms with van der Waals surface area (Å²) < 4.78 is 21.2. The Labute approximate surface area is 208 Å². The van der Waals surface area contributed by atoms with E-state index < -0.39 is 23.2 Å². The molecule has 7 nitrogen and oxygen atoms in total. The highest BCUT2D eigenvalue weighted by Crippen LogP contribution is 2.34. The van der Waals surface area contributed by atoms with Gasteiger partial charge in [-0.15, -0.1) is 0 Å². The van der Waals surface area contributed by atoms with Crippen molar-refractivity contribution in [2.75, 3.05) is 12.0 Å². The molecule has 1 aromatic heterocycles. The van der Waals surface area contributed by atoms with Crippen LogP contribution in [0.3, 0.4) is 0 Å². The van der Waals surface area contributed by atoms with Crippen molar-refractivity contribution >= 4 is 17.5 Å². The predicted molar refractivity (Wildman–Crippen MR) is 134 cm³/mol. The Morgan fingerprint density at radius 2 is 1.81 bits per heavy atom. The minimum absolute atomic E-state index is 0.0924. The van der Waals surface area contributed by atoms with Crippen molar-refractivity contribution in [3.63, 3.8) is 0 Å². The Kier molecular flexibility index (Phi) is 6.01. The van der Waals surface area contributed by atoms with Crippen LogP contribution >= 0.6 is 0 Å². The van der Waals surface area contributed by atoms with Crippen LogP contribution in [0.1, 0.15) is 23.0 Å². The number of ether oxygens (including phenoxy) is 1. The molecule has 36 heavy (non-hydrogen) atoms. The van der Waals surface area contributed by atoms with E-state index in [0.717, 1.165) is 11.1 Å². The number of aromatic nitrogens is 2. The number of hydrogen-bond donors (Lipinski definition) is 1. The highest BCUT2D eigenvalue weighted by Gasteiger charge is 2.49. The maximum Gasteiger partial charge on any atom is 0.277 e. The van der Waals surface area contributed by atoms with E-state index in [1.807, 2.05) is 54.6 Å². The molecule has 0 aliphatic carbocycles. The average molecular weight is 485 g/mol. The number of para-hydroxylation sites is 1. The molecule has 1 N–H and O–H groups in total. The molecule has 0 fully saturated rings. The van der Waals surface area contributed by atoms with E-state index in [2.05, 4.69) is 10.4 Å². The second-order valence-corrected chi connectivity index (χ2v) is 8.83. The number of nitrogens with one attached hydrogen (secondary N) is 1. The van der Waals surface area contributed by atoms with Crippen molar-refractivity contribution < 1.29 is 18.7 Å². The number of amides is 2. The summed E-state index contributed by atoms with van der Waals surface area (Å²) in [4.78, 5) is 28.9. The first-order valence-electron chi connectivity index (χ1n) is 11.5. The molecule has 1 aliphatic rings. The number of carbonyl (C=O) groups excluding carboxylic acids is 2. The molecular formula is C28H25FN4O3. The summed E-state index contributed by atoms with van der Waals surface area (Å²) in [7, 11) is 1.57. The summed E-state index contributed by atoms with van der Waals surface area (Å²) in [6, 6.07) is 24.3. The van der Waals surface area contributed by atoms with E-state index in [1.165, 1.54) is 23.1 Å². The third-order valence-corrected chi connectivity index (χ3v) is 6.41. The fraction of sp³-hybridized carbons (Fsp3) is 0.179. The summed E-state index contributed by atoms with van der Waals surface area (Å²) in [5.74, 6) is -0.683. The second-order valence-electron chi connectivity index (χ2n) is 8.83. The van der Waals surface area contributed by atoms with Gasteiger partial charge >= 0.3 is 0 Å². The zero-order valence-corrected chi connectivity index (χ0v) is 19.9. The van der Waals surface area contributed by atoms with Gasteiger partial charge in [0.05, 0.1) is 19.3 Å². The molecule has 0 spiro atoms. The van der Waals surface area contributed by atoms with Crippen LogP contribution in [-0.2, 0) is 17.9 Å². The summed E-state index contributed by atoms with van der Waals surface area (Å²) in [6.45, 7) is 1.96. The molecule has 0 unspecified atom stereocenters. The molecule has 3 aromatic carbocycles. The third kappa shape index (κ3) is 4.11. The minimum atomic E-state index is -1.38. The van der Waals surface area contributed by atoms with Gasteiger partial charge in [-0.05, 0) is 37.3 Å². The Morgan fingerprint density at radius 3 is 2.56 bits per heavy atom. The number of rotatable bonds is 6. The normalized spacial score (nSPS) is 17.0. The van der Waals surface area contributed by atoms with Crippen LogP contribution in [0.5, 0.6) is 5.75 Å². The quantitative estimate of drug-likeness (QED) is 0.439. The summed E-state index contributed by atoms with van der Waals surface area (Å²) in [6.07, 6.45) is 0. The number of methoxy groups -OCH3 is 1. The van der Waals surface area contributed by atoms with Crippen LogP contribution in [0.2, 0.25) is 0 Å². The first kappa shape index (κ1) is 23.3. The average Bonchev–Trinajstić information content (AvgIpc) is 3.32. The lowest BCUT2D eigenvalue weighted by molar-refractivity contribution is -0.126. The lowest BCUT2D eigenvalue weighted by atomic mass is 9.93. The topological polar surface area (TPSA) is 76.5 Å². The van der Waals surface area contributed by atoms with Crippen LogP contribution in [-0.4, -0.2) is 34.2 Å². The fourth-order valence-electron chi connectivity index (χ4n) is 4.57. The van der Waals surface area contributed by atoms with Crippen molar-refractivity contribution in [1.82, 2.24) is 15.1 Å². The molecule has 0 saturated carbocycles. The van der Waals surface area contributed by atoms with E-state index in [0.29, 0.717) is 22.8 Å². The Hall–Kier alpha value is -4.46. The summed E-state index contributed by atoms with van der Waals surface area (Å²) in [5, 5.41) is 7.58. The molecule has 4 aromatic rings. The molecule has 0 saturated heterocycles. The molecule has 8 heteroatoms. The number of fused-ring (bicyclic) bond motifs is 1. The van der Waals surface area contributed by atoms with Gasteiger partial charge in [-0.25, -0.2) is 4.39 Å². The van der Waals surface area contributed by atoms with E-state index in [4.69, 9.17) is 4.74 Å². The Balaban J connectivity index is 1.54. The van der Waals surface area contributed by atoms with Gasteiger partial charge in [0.15, 0.2) is 0 Å². The van der Waals surface area contributed by atoms with Crippen LogP contribution in [0.15, 0.2) is 84.9 Å². The maximum absolute atomic E-state index is 14.2. The van der Waals surface area contributed by atoms with E-state index in [1.54, 1.807) is 30.8 Å². The van der Waals surface area contributed by atoms with Crippen LogP contribution < -0.4 is 15.0 Å². The lowest BCUT2D eigenvalue weighted by Gasteiger charge is -2.43. The highest BCUT2D eigenvalue weighted by molar-refractivity contribution is 6.12. The number of nitrogens with zero attached hydrogens (tertiary/aromatic N) is 3. The highest BCUT2D eigenvalue weighted by atomic mass is 19.1. The predicted octanol–water partition coefficient (Wildman–Crippen LogP) is 4.43. The maximum atomic E-state index is 14.2. The smallest absolute Gasteiger partial charge is 0.277 e. The number of anilines is 1. The summed E-state index contributed by atoms with van der Waals surface area (Å²) in [5.41, 5.74) is 1.52. The molecule has 5 rings (SSSR count). The molecule has 182 valence electrons. The lowest BCUT2D eigenvalue weighted by Crippen LogP contribution is -2.64. The van der Waals surface area contributed by atoms with E-state index >= 15 is 0 Å². The van der Waals surface area contributed by atoms with Crippen LogP contribution in [0.4, 0.5) is 10.1 Å². The van der Waals surface area contributed by atoms with Gasteiger partial charge in [-0.2, -0.15) is 5.10 Å². The number of carbonyl (C=O) groups is 2. The Bertz CT molecular complexity index is 1440. The molecule has 0 radical (unpaired) electrons. The van der Waals surface area contributed by atoms with Crippen LogP contribution in [0.25, 0.3) is 11.3 Å². The minimum Gasteiger partial charge on any atom is -0.496 e. The Morgan fingerprint density at radius 1 is 1.06 bits per heavy atom. The molecule has 1 atom stereocenters. The van der Waals surface area contributed by atoms with Gasteiger partial charge in [0.2, 0.25) is 5.91 Å². The van der Waals surface area contributed by atoms with Crippen molar-refractivity contribution in [2.45, 2.75) is 25.6 Å². The third-order valence-electron chi connectivity index (χ3n) is 6.41. The molecule has 2 heterocycles. The standard InChI is InChI=1S/C28H25FN4O3/c1-28(27(35)30-17-20-11-6-7-14-25(20)36-2)18-32-24(16-23(31-32)19-9-4-3-5-10-19)26(34)33(28)22-13-8-12-21(29)15-22/h3-16H,17-18H2,1-2H3,(H,30,35)/t28-/m1/s1. The SMILES string of the molecule is COc1ccccc1CNC(=O)[C@@]1(C)Cn2nc(-c3ccccc3)cc2C(=O)N1c1cccc(F)c1.